The van der Waals surface area contributed by atoms with Crippen molar-refractivity contribution in [2.75, 3.05) is 13.2 Å². The van der Waals surface area contributed by atoms with Crippen LogP contribution in [0.4, 0.5) is 0 Å². The average Bonchev–Trinajstić information content (AvgIpc) is 2.79. The third-order valence-corrected chi connectivity index (χ3v) is 4.52. The first-order valence-corrected chi connectivity index (χ1v) is 10.7. The Morgan fingerprint density at radius 2 is 1.72 bits per heavy atom. The summed E-state index contributed by atoms with van der Waals surface area (Å²) in [5.41, 5.74) is 12.7. The van der Waals surface area contributed by atoms with E-state index in [0.29, 0.717) is 31.7 Å². The molecule has 2 atom stereocenters. The first kappa shape index (κ1) is 31.2. The molecule has 10 nitrogen and oxygen atoms in total. The van der Waals surface area contributed by atoms with Gasteiger partial charge in [-0.3, -0.25) is 19.8 Å². The Morgan fingerprint density at radius 1 is 1.16 bits per heavy atom. The van der Waals surface area contributed by atoms with Crippen LogP contribution in [0.15, 0.2) is 29.6 Å². The van der Waals surface area contributed by atoms with Gasteiger partial charge in [-0.2, -0.15) is 0 Å². The van der Waals surface area contributed by atoms with Gasteiger partial charge in [-0.1, -0.05) is 39.8 Å². The van der Waals surface area contributed by atoms with E-state index in [1.54, 1.807) is 38.1 Å². The number of amides is 2. The van der Waals surface area contributed by atoms with Crippen LogP contribution in [-0.2, 0) is 20.8 Å². The number of carbonyl (C=O) groups is 3. The molecule has 0 spiro atoms. The molecule has 0 bridgehead atoms. The topological polar surface area (TPSA) is 166 Å². The lowest BCUT2D eigenvalue weighted by Crippen LogP contribution is -2.50. The lowest BCUT2D eigenvalue weighted by molar-refractivity contribution is -0.130. The van der Waals surface area contributed by atoms with E-state index in [-0.39, 0.29) is 18.1 Å². The molecule has 1 aromatic rings. The van der Waals surface area contributed by atoms with Crippen LogP contribution in [0.5, 0.6) is 5.75 Å². The summed E-state index contributed by atoms with van der Waals surface area (Å²) in [6, 6.07) is 6.29. The third kappa shape index (κ3) is 12.6. The molecule has 1 unspecified atom stereocenters. The van der Waals surface area contributed by atoms with Crippen LogP contribution in [0.25, 0.3) is 0 Å². The highest BCUT2D eigenvalue weighted by Crippen LogP contribution is 2.13. The Labute approximate surface area is 190 Å². The highest BCUT2D eigenvalue weighted by Gasteiger charge is 2.28. The summed E-state index contributed by atoms with van der Waals surface area (Å²) in [5.74, 6) is 0.000653. The number of hydrogen-bond acceptors (Lipinski definition) is 7. The van der Waals surface area contributed by atoms with Crippen molar-refractivity contribution in [3.63, 3.8) is 0 Å². The number of ether oxygens (including phenoxy) is 1. The summed E-state index contributed by atoms with van der Waals surface area (Å²) in [5, 5.41) is 5.18. The van der Waals surface area contributed by atoms with Crippen molar-refractivity contribution in [1.82, 2.24) is 10.7 Å². The van der Waals surface area contributed by atoms with Gasteiger partial charge in [0.25, 0.3) is 0 Å². The Hall–Kier alpha value is -3.01. The van der Waals surface area contributed by atoms with E-state index < -0.39 is 17.5 Å². The van der Waals surface area contributed by atoms with E-state index in [2.05, 4.69) is 16.0 Å². The monoisotopic (exact) mass is 453 g/mol. The summed E-state index contributed by atoms with van der Waals surface area (Å²) in [6.07, 6.45) is 1.34. The maximum absolute atomic E-state index is 11.1. The molecule has 1 aromatic carbocycles. The van der Waals surface area contributed by atoms with E-state index >= 15 is 0 Å². The smallest absolute Gasteiger partial charge is 0.242 e. The Balaban J connectivity index is 0. The molecule has 0 aromatic heterocycles. The van der Waals surface area contributed by atoms with E-state index in [1.165, 1.54) is 6.92 Å². The highest BCUT2D eigenvalue weighted by molar-refractivity contribution is 5.90. The van der Waals surface area contributed by atoms with Gasteiger partial charge in [0.05, 0.1) is 10.8 Å². The van der Waals surface area contributed by atoms with Gasteiger partial charge in [-0.15, -0.1) is 4.91 Å². The van der Waals surface area contributed by atoms with Crippen molar-refractivity contribution >= 4 is 17.6 Å². The second-order valence-electron chi connectivity index (χ2n) is 6.80. The fraction of sp³-hybridized carbons (Fsp3) is 0.591. The number of rotatable bonds is 12. The van der Waals surface area contributed by atoms with Crippen molar-refractivity contribution < 1.29 is 19.1 Å². The number of nitrogens with zero attached hydrogens (tertiary/aromatic N) is 1. The Kier molecular flexibility index (Phi) is 17.2. The molecule has 1 rings (SSSR count). The number of ketones is 1. The molecule has 182 valence electrons. The molecule has 10 heteroatoms. The fourth-order valence-corrected chi connectivity index (χ4v) is 2.23. The normalized spacial score (nSPS) is 12.3. The minimum absolute atomic E-state index is 0.00630. The zero-order valence-electron chi connectivity index (χ0n) is 20.1. The lowest BCUT2D eigenvalue weighted by atomic mass is 9.94. The van der Waals surface area contributed by atoms with Gasteiger partial charge in [0, 0.05) is 19.4 Å². The first-order chi connectivity index (χ1) is 15.1. The van der Waals surface area contributed by atoms with Crippen molar-refractivity contribution in [3.8, 4) is 5.75 Å². The van der Waals surface area contributed by atoms with Gasteiger partial charge in [0.15, 0.2) is 5.78 Å². The Bertz CT molecular complexity index is 696. The van der Waals surface area contributed by atoms with Crippen LogP contribution >= 0.6 is 0 Å². The van der Waals surface area contributed by atoms with Gasteiger partial charge in [-0.25, -0.2) is 0 Å². The highest BCUT2D eigenvalue weighted by atomic mass is 16.5. The summed E-state index contributed by atoms with van der Waals surface area (Å²) in [4.78, 5) is 43.3. The number of primary amides is 1. The largest absolute Gasteiger partial charge is 0.492 e. The summed E-state index contributed by atoms with van der Waals surface area (Å²) < 4.78 is 5.31. The lowest BCUT2D eigenvalue weighted by Gasteiger charge is -2.26. The SMILES string of the molecule is CC.CCC(=O)NC(C)(CC)C(C)=O.NCCOc1ccc(C[C@H](NN=O)C(N)=O)cc1. The number of nitrogens with two attached hydrogens (primary N) is 2. The van der Waals surface area contributed by atoms with Crippen molar-refractivity contribution in [2.24, 2.45) is 16.8 Å². The summed E-state index contributed by atoms with van der Waals surface area (Å²) in [6.45, 7) is 11.8. The van der Waals surface area contributed by atoms with E-state index in [0.717, 1.165) is 5.56 Å². The minimum atomic E-state index is -0.807. The molecule has 0 saturated carbocycles. The van der Waals surface area contributed by atoms with Gasteiger partial charge < -0.3 is 21.5 Å². The van der Waals surface area contributed by atoms with Gasteiger partial charge in [0.2, 0.25) is 11.8 Å². The van der Waals surface area contributed by atoms with Crippen LogP contribution in [-0.4, -0.2) is 42.3 Å². The quantitative estimate of drug-likeness (QED) is 0.277. The number of nitroso groups, excluding NO2 is 1. The fourth-order valence-electron chi connectivity index (χ4n) is 2.23. The second-order valence-corrected chi connectivity index (χ2v) is 6.80. The van der Waals surface area contributed by atoms with E-state index in [4.69, 9.17) is 16.2 Å². The van der Waals surface area contributed by atoms with Crippen LogP contribution in [0.1, 0.15) is 59.9 Å². The molecule has 0 heterocycles. The number of nitrogens with one attached hydrogen (secondary N) is 2. The molecular formula is C22H39N5O5. The van der Waals surface area contributed by atoms with Crippen molar-refractivity contribution in [1.29, 1.82) is 0 Å². The van der Waals surface area contributed by atoms with Crippen LogP contribution < -0.4 is 26.9 Å². The molecule has 0 fully saturated rings. The first-order valence-electron chi connectivity index (χ1n) is 10.7. The zero-order chi connectivity index (χ0) is 25.2. The molecule has 0 aliphatic heterocycles. The zero-order valence-corrected chi connectivity index (χ0v) is 20.1. The number of Topliss-reactive ketones (excluding diaryl/α,β-unsaturated/α-hetero) is 1. The predicted molar refractivity (Wildman–Crippen MR) is 126 cm³/mol. The Morgan fingerprint density at radius 3 is 2.09 bits per heavy atom. The molecule has 0 aliphatic carbocycles. The van der Waals surface area contributed by atoms with Crippen molar-refractivity contribution in [3.05, 3.63) is 34.7 Å². The maximum atomic E-state index is 11.1. The molecule has 2 amide bonds. The predicted octanol–water partition coefficient (Wildman–Crippen LogP) is 1.99. The van der Waals surface area contributed by atoms with E-state index in [1.807, 2.05) is 20.8 Å². The second kappa shape index (κ2) is 17.6. The van der Waals surface area contributed by atoms with Crippen LogP contribution in [0.2, 0.25) is 0 Å². The molecule has 32 heavy (non-hydrogen) atoms. The summed E-state index contributed by atoms with van der Waals surface area (Å²) >= 11 is 0. The standard InChI is InChI=1S/C11H16N4O3.C9H17NO2.C2H6/c12-5-6-18-9-3-1-8(2-4-9)7-10(11(13)16)14-15-17;1-5-8(12)10-9(4,6-2)7(3)11;1-2/h1-4,10H,5-7,12H2,(H2,13,16)(H,14,17);5-6H2,1-4H3,(H,10,12);1-2H3/t10-;;/m0../s1. The van der Waals surface area contributed by atoms with E-state index in [9.17, 15) is 19.3 Å². The van der Waals surface area contributed by atoms with Gasteiger partial charge in [-0.05, 0) is 38.0 Å². The van der Waals surface area contributed by atoms with Crippen LogP contribution in [0, 0.1) is 4.91 Å². The number of hydrogen-bond donors (Lipinski definition) is 4. The van der Waals surface area contributed by atoms with Crippen molar-refractivity contribution in [2.45, 2.75) is 72.4 Å². The maximum Gasteiger partial charge on any atom is 0.242 e. The molecule has 6 N–H and O–H groups in total. The number of benzene rings is 1. The van der Waals surface area contributed by atoms with Gasteiger partial charge in [0.1, 0.15) is 18.4 Å². The third-order valence-electron chi connectivity index (χ3n) is 4.52. The average molecular weight is 454 g/mol. The molecule has 0 radical (unpaired) electrons. The van der Waals surface area contributed by atoms with Crippen LogP contribution in [0.3, 0.4) is 0 Å². The molecular weight excluding hydrogens is 414 g/mol. The molecule has 0 aliphatic rings. The number of carbonyl (C=O) groups excluding carboxylic acids is 3. The summed E-state index contributed by atoms with van der Waals surface area (Å²) in [7, 11) is 0. The minimum Gasteiger partial charge on any atom is -0.492 e. The molecule has 0 saturated heterocycles. The van der Waals surface area contributed by atoms with Gasteiger partial charge >= 0.3 is 0 Å².